The van der Waals surface area contributed by atoms with Crippen LogP contribution >= 0.6 is 11.3 Å². The van der Waals surface area contributed by atoms with Gasteiger partial charge in [0.1, 0.15) is 10.6 Å². The normalized spacial score (nSPS) is 17.1. The number of nitrogens with one attached hydrogen (secondary N) is 1. The van der Waals surface area contributed by atoms with Gasteiger partial charge in [-0.05, 0) is 51.9 Å². The monoisotopic (exact) mass is 333 g/mol. The van der Waals surface area contributed by atoms with Gasteiger partial charge in [0.25, 0.3) is 5.91 Å². The Balaban J connectivity index is 1.69. The van der Waals surface area contributed by atoms with E-state index in [0.29, 0.717) is 11.4 Å². The van der Waals surface area contributed by atoms with Gasteiger partial charge in [-0.3, -0.25) is 9.69 Å². The number of rotatable bonds is 5. The van der Waals surface area contributed by atoms with E-state index in [0.717, 1.165) is 29.6 Å². The van der Waals surface area contributed by atoms with Gasteiger partial charge in [0.05, 0.1) is 23.0 Å². The van der Waals surface area contributed by atoms with Crippen LogP contribution in [0.4, 0.5) is 0 Å². The van der Waals surface area contributed by atoms with Crippen LogP contribution in [-0.2, 0) is 0 Å². The number of aryl methyl sites for hydroxylation is 2. The van der Waals surface area contributed by atoms with Crippen LogP contribution in [0.15, 0.2) is 22.8 Å². The van der Waals surface area contributed by atoms with Crippen molar-refractivity contribution in [2.45, 2.75) is 39.2 Å². The molecule has 3 rings (SSSR count). The van der Waals surface area contributed by atoms with Gasteiger partial charge in [0.15, 0.2) is 0 Å². The van der Waals surface area contributed by atoms with Crippen molar-refractivity contribution < 1.29 is 9.21 Å². The molecule has 0 aromatic carbocycles. The second-order valence-corrected chi connectivity index (χ2v) is 7.19. The third kappa shape index (κ3) is 3.82. The Labute approximate surface area is 140 Å². The smallest absolute Gasteiger partial charge is 0.263 e. The maximum atomic E-state index is 12.4. The minimum Gasteiger partial charge on any atom is -0.468 e. The fraction of sp³-hybridized carbons (Fsp3) is 0.529. The van der Waals surface area contributed by atoms with Crippen LogP contribution < -0.4 is 5.32 Å². The molecule has 1 N–H and O–H groups in total. The van der Waals surface area contributed by atoms with Crippen molar-refractivity contribution in [2.75, 3.05) is 19.6 Å². The molecule has 0 spiro atoms. The Morgan fingerprint density at radius 1 is 1.39 bits per heavy atom. The van der Waals surface area contributed by atoms with E-state index < -0.39 is 0 Å². The Bertz CT molecular complexity index is 645. The van der Waals surface area contributed by atoms with Gasteiger partial charge < -0.3 is 9.73 Å². The van der Waals surface area contributed by atoms with E-state index in [2.05, 4.69) is 15.2 Å². The number of likely N-dealkylation sites (tertiary alicyclic amines) is 1. The molecule has 1 fully saturated rings. The number of aromatic nitrogens is 1. The minimum absolute atomic E-state index is 0.0401. The second-order valence-electron chi connectivity index (χ2n) is 5.99. The maximum absolute atomic E-state index is 12.4. The molecule has 2 aromatic rings. The van der Waals surface area contributed by atoms with E-state index in [-0.39, 0.29) is 11.9 Å². The highest BCUT2D eigenvalue weighted by Crippen LogP contribution is 2.25. The first-order valence-corrected chi connectivity index (χ1v) is 8.96. The summed E-state index contributed by atoms with van der Waals surface area (Å²) >= 11 is 1.45. The van der Waals surface area contributed by atoms with Crippen LogP contribution in [0.25, 0.3) is 0 Å². The van der Waals surface area contributed by atoms with Crippen molar-refractivity contribution >= 4 is 17.2 Å². The standard InChI is InChI=1S/C17H23N3O2S/c1-12-16(23-13(2)19-12)17(21)18-11-14(15-7-6-10-22-15)20-8-4-3-5-9-20/h6-7,10,14H,3-5,8-9,11H2,1-2H3,(H,18,21)/t14-/m0/s1. The zero-order valence-electron chi connectivity index (χ0n) is 13.7. The molecule has 124 valence electrons. The number of amides is 1. The summed E-state index contributed by atoms with van der Waals surface area (Å²) in [5.74, 6) is 0.881. The molecule has 0 saturated carbocycles. The van der Waals surface area contributed by atoms with Crippen molar-refractivity contribution in [3.63, 3.8) is 0 Å². The predicted octanol–water partition coefficient (Wildman–Crippen LogP) is 3.31. The number of carbonyl (C=O) groups is 1. The topological polar surface area (TPSA) is 58.4 Å². The number of hydrogen-bond acceptors (Lipinski definition) is 5. The maximum Gasteiger partial charge on any atom is 0.263 e. The molecular formula is C17H23N3O2S. The van der Waals surface area contributed by atoms with Gasteiger partial charge in [-0.1, -0.05) is 6.42 Å². The highest BCUT2D eigenvalue weighted by molar-refractivity contribution is 7.13. The highest BCUT2D eigenvalue weighted by Gasteiger charge is 2.25. The van der Waals surface area contributed by atoms with Crippen LogP contribution in [-0.4, -0.2) is 35.4 Å². The molecule has 0 aliphatic carbocycles. The summed E-state index contributed by atoms with van der Waals surface area (Å²) in [5, 5.41) is 3.99. The van der Waals surface area contributed by atoms with Crippen LogP contribution in [0, 0.1) is 13.8 Å². The van der Waals surface area contributed by atoms with Gasteiger partial charge in [0, 0.05) is 6.54 Å². The summed E-state index contributed by atoms with van der Waals surface area (Å²) in [6.45, 7) is 6.48. The van der Waals surface area contributed by atoms with Crippen LogP contribution in [0.5, 0.6) is 0 Å². The van der Waals surface area contributed by atoms with E-state index in [1.807, 2.05) is 26.0 Å². The lowest BCUT2D eigenvalue weighted by molar-refractivity contribution is 0.0917. The molecule has 1 aliphatic rings. The Morgan fingerprint density at radius 2 is 2.17 bits per heavy atom. The average Bonchev–Trinajstić information content (AvgIpc) is 3.18. The van der Waals surface area contributed by atoms with Crippen LogP contribution in [0.3, 0.4) is 0 Å². The molecule has 23 heavy (non-hydrogen) atoms. The molecule has 1 amide bonds. The number of thiazole rings is 1. The molecule has 0 bridgehead atoms. The van der Waals surface area contributed by atoms with E-state index in [1.54, 1.807) is 6.26 Å². The van der Waals surface area contributed by atoms with Crippen molar-refractivity contribution in [3.8, 4) is 0 Å². The first-order chi connectivity index (χ1) is 11.1. The molecule has 3 heterocycles. The van der Waals surface area contributed by atoms with E-state index >= 15 is 0 Å². The lowest BCUT2D eigenvalue weighted by atomic mass is 10.1. The quantitative estimate of drug-likeness (QED) is 0.912. The van der Waals surface area contributed by atoms with Gasteiger partial charge >= 0.3 is 0 Å². The van der Waals surface area contributed by atoms with Gasteiger partial charge in [-0.15, -0.1) is 11.3 Å². The molecule has 1 saturated heterocycles. The fourth-order valence-corrected chi connectivity index (χ4v) is 3.97. The summed E-state index contributed by atoms with van der Waals surface area (Å²) in [5.41, 5.74) is 0.803. The largest absolute Gasteiger partial charge is 0.468 e. The zero-order valence-corrected chi connectivity index (χ0v) is 14.5. The highest BCUT2D eigenvalue weighted by atomic mass is 32.1. The molecule has 2 aromatic heterocycles. The number of hydrogen-bond donors (Lipinski definition) is 1. The first-order valence-electron chi connectivity index (χ1n) is 8.15. The van der Waals surface area contributed by atoms with Crippen LogP contribution in [0.2, 0.25) is 0 Å². The molecule has 1 atom stereocenters. The molecule has 6 heteroatoms. The summed E-state index contributed by atoms with van der Waals surface area (Å²) in [7, 11) is 0. The summed E-state index contributed by atoms with van der Waals surface area (Å²) in [6.07, 6.45) is 5.40. The molecule has 1 aliphatic heterocycles. The summed E-state index contributed by atoms with van der Waals surface area (Å²) in [6, 6.07) is 4.00. The van der Waals surface area contributed by atoms with Crippen molar-refractivity contribution in [1.29, 1.82) is 0 Å². The van der Waals surface area contributed by atoms with Crippen molar-refractivity contribution in [2.24, 2.45) is 0 Å². The number of carbonyl (C=O) groups excluding carboxylic acids is 1. The minimum atomic E-state index is -0.0401. The summed E-state index contributed by atoms with van der Waals surface area (Å²) in [4.78, 5) is 19.9. The third-order valence-corrected chi connectivity index (χ3v) is 5.34. The van der Waals surface area contributed by atoms with E-state index in [4.69, 9.17) is 4.42 Å². The predicted molar refractivity (Wildman–Crippen MR) is 90.8 cm³/mol. The zero-order chi connectivity index (χ0) is 16.2. The SMILES string of the molecule is Cc1nc(C)c(C(=O)NC[C@@H](c2ccco2)N2CCCCC2)s1. The Morgan fingerprint density at radius 3 is 2.78 bits per heavy atom. The Hall–Kier alpha value is -1.66. The van der Waals surface area contributed by atoms with E-state index in [9.17, 15) is 4.79 Å². The van der Waals surface area contributed by atoms with E-state index in [1.165, 1.54) is 30.6 Å². The third-order valence-electron chi connectivity index (χ3n) is 4.27. The molecule has 0 unspecified atom stereocenters. The van der Waals surface area contributed by atoms with Crippen molar-refractivity contribution in [1.82, 2.24) is 15.2 Å². The molecule has 5 nitrogen and oxygen atoms in total. The van der Waals surface area contributed by atoms with Gasteiger partial charge in [-0.2, -0.15) is 0 Å². The van der Waals surface area contributed by atoms with Crippen LogP contribution in [0.1, 0.15) is 51.4 Å². The summed E-state index contributed by atoms with van der Waals surface area (Å²) < 4.78 is 5.61. The average molecular weight is 333 g/mol. The second kappa shape index (κ2) is 7.27. The van der Waals surface area contributed by atoms with Crippen molar-refractivity contribution in [3.05, 3.63) is 39.7 Å². The Kier molecular flexibility index (Phi) is 5.13. The van der Waals surface area contributed by atoms with Gasteiger partial charge in [-0.25, -0.2) is 4.98 Å². The molecular weight excluding hydrogens is 310 g/mol. The fourth-order valence-electron chi connectivity index (χ4n) is 3.13. The first kappa shape index (κ1) is 16.2. The lowest BCUT2D eigenvalue weighted by Crippen LogP contribution is -2.40. The van der Waals surface area contributed by atoms with Gasteiger partial charge in [0.2, 0.25) is 0 Å². The number of furan rings is 1. The molecule has 0 radical (unpaired) electrons. The lowest BCUT2D eigenvalue weighted by Gasteiger charge is -2.33. The number of nitrogens with zero attached hydrogens (tertiary/aromatic N) is 2. The number of piperidine rings is 1.